The smallest absolute Gasteiger partial charge is 0.320 e. The second-order valence-corrected chi connectivity index (χ2v) is 5.48. The van der Waals surface area contributed by atoms with Gasteiger partial charge in [-0.1, -0.05) is 12.8 Å². The van der Waals surface area contributed by atoms with E-state index < -0.39 is 12.0 Å². The van der Waals surface area contributed by atoms with Gasteiger partial charge in [0, 0.05) is 12.1 Å². The minimum absolute atomic E-state index is 0.386. The van der Waals surface area contributed by atoms with Gasteiger partial charge in [0.05, 0.1) is 0 Å². The third-order valence-corrected chi connectivity index (χ3v) is 4.27. The predicted molar refractivity (Wildman–Crippen MR) is 67.0 cm³/mol. The van der Waals surface area contributed by atoms with E-state index in [1.807, 2.05) is 0 Å². The first kappa shape index (κ1) is 12.8. The molecule has 4 nitrogen and oxygen atoms in total. The summed E-state index contributed by atoms with van der Waals surface area (Å²) in [5, 5.41) is 15.9. The van der Waals surface area contributed by atoms with E-state index in [1.54, 1.807) is 6.92 Å². The van der Waals surface area contributed by atoms with Crippen LogP contribution in [-0.4, -0.2) is 35.7 Å². The van der Waals surface area contributed by atoms with Gasteiger partial charge in [0.15, 0.2) is 0 Å². The Labute approximate surface area is 103 Å². The molecule has 1 aliphatic carbocycles. The third kappa shape index (κ3) is 3.19. The topological polar surface area (TPSA) is 61.4 Å². The molecule has 1 saturated heterocycles. The molecule has 1 aliphatic heterocycles. The van der Waals surface area contributed by atoms with Crippen molar-refractivity contribution in [2.75, 3.05) is 6.54 Å². The predicted octanol–water partition coefficient (Wildman–Crippen LogP) is 1.36. The summed E-state index contributed by atoms with van der Waals surface area (Å²) in [7, 11) is 0. The van der Waals surface area contributed by atoms with E-state index in [1.165, 1.54) is 32.1 Å². The summed E-state index contributed by atoms with van der Waals surface area (Å²) in [6, 6.07) is 0.561. The summed E-state index contributed by atoms with van der Waals surface area (Å²) in [5.41, 5.74) is 0. The lowest BCUT2D eigenvalue weighted by Gasteiger charge is -2.33. The van der Waals surface area contributed by atoms with Crippen LogP contribution in [-0.2, 0) is 4.79 Å². The first-order valence-corrected chi connectivity index (χ1v) is 6.90. The highest BCUT2D eigenvalue weighted by atomic mass is 16.4. The van der Waals surface area contributed by atoms with Gasteiger partial charge in [0.25, 0.3) is 0 Å². The van der Waals surface area contributed by atoms with Gasteiger partial charge in [-0.2, -0.15) is 0 Å². The first-order valence-electron chi connectivity index (χ1n) is 6.90. The molecule has 2 fully saturated rings. The fourth-order valence-electron chi connectivity index (χ4n) is 3.31. The Bertz CT molecular complexity index is 264. The maximum Gasteiger partial charge on any atom is 0.320 e. The third-order valence-electron chi connectivity index (χ3n) is 4.27. The Kier molecular flexibility index (Phi) is 4.40. The first-order chi connectivity index (χ1) is 8.18. The van der Waals surface area contributed by atoms with Crippen molar-refractivity contribution < 1.29 is 9.90 Å². The van der Waals surface area contributed by atoms with E-state index in [-0.39, 0.29) is 0 Å². The van der Waals surface area contributed by atoms with Gasteiger partial charge >= 0.3 is 5.97 Å². The summed E-state index contributed by atoms with van der Waals surface area (Å²) >= 11 is 0. The Morgan fingerprint density at radius 1 is 1.29 bits per heavy atom. The van der Waals surface area contributed by atoms with E-state index in [0.717, 1.165) is 13.0 Å². The Hall–Kier alpha value is -0.610. The molecule has 1 heterocycles. The van der Waals surface area contributed by atoms with Gasteiger partial charge in [-0.25, -0.2) is 0 Å². The molecule has 17 heavy (non-hydrogen) atoms. The lowest BCUT2D eigenvalue weighted by atomic mass is 9.88. The van der Waals surface area contributed by atoms with Crippen LogP contribution in [0.2, 0.25) is 0 Å². The zero-order valence-corrected chi connectivity index (χ0v) is 10.6. The molecular weight excluding hydrogens is 216 g/mol. The molecule has 4 unspecified atom stereocenters. The SMILES string of the molecule is CC(NC1CCCC1C1CCCCN1)C(=O)O. The molecule has 0 aromatic rings. The summed E-state index contributed by atoms with van der Waals surface area (Å²) in [4.78, 5) is 10.9. The van der Waals surface area contributed by atoms with Crippen LogP contribution in [0.5, 0.6) is 0 Å². The minimum Gasteiger partial charge on any atom is -0.480 e. The number of nitrogens with one attached hydrogen (secondary N) is 2. The molecule has 0 aromatic heterocycles. The number of carboxylic acids is 1. The van der Waals surface area contributed by atoms with Gasteiger partial charge in [0.1, 0.15) is 6.04 Å². The Morgan fingerprint density at radius 3 is 2.76 bits per heavy atom. The number of rotatable bonds is 4. The fraction of sp³-hybridized carbons (Fsp3) is 0.923. The van der Waals surface area contributed by atoms with Crippen molar-refractivity contribution in [2.45, 2.75) is 63.6 Å². The average molecular weight is 240 g/mol. The molecule has 3 N–H and O–H groups in total. The molecular formula is C13H24N2O2. The number of hydrogen-bond donors (Lipinski definition) is 3. The molecule has 2 rings (SSSR count). The van der Waals surface area contributed by atoms with E-state index in [4.69, 9.17) is 5.11 Å². The van der Waals surface area contributed by atoms with Gasteiger partial charge in [-0.3, -0.25) is 4.79 Å². The Morgan fingerprint density at radius 2 is 2.12 bits per heavy atom. The van der Waals surface area contributed by atoms with Crippen LogP contribution in [0.15, 0.2) is 0 Å². The summed E-state index contributed by atoms with van der Waals surface area (Å²) in [5.74, 6) is -0.121. The van der Waals surface area contributed by atoms with Crippen LogP contribution < -0.4 is 10.6 Å². The van der Waals surface area contributed by atoms with Gasteiger partial charge in [0.2, 0.25) is 0 Å². The molecule has 1 saturated carbocycles. The van der Waals surface area contributed by atoms with Crippen molar-refractivity contribution in [3.05, 3.63) is 0 Å². The van der Waals surface area contributed by atoms with Crippen molar-refractivity contribution in [3.8, 4) is 0 Å². The monoisotopic (exact) mass is 240 g/mol. The Balaban J connectivity index is 1.89. The van der Waals surface area contributed by atoms with Crippen LogP contribution in [0.25, 0.3) is 0 Å². The largest absolute Gasteiger partial charge is 0.480 e. The van der Waals surface area contributed by atoms with Gasteiger partial charge < -0.3 is 15.7 Å². The summed E-state index contributed by atoms with van der Waals surface area (Å²) in [6.07, 6.45) is 7.45. The van der Waals surface area contributed by atoms with Crippen molar-refractivity contribution in [1.82, 2.24) is 10.6 Å². The molecule has 98 valence electrons. The molecule has 0 bridgehead atoms. The van der Waals surface area contributed by atoms with Crippen LogP contribution in [0.3, 0.4) is 0 Å². The zero-order chi connectivity index (χ0) is 12.3. The van der Waals surface area contributed by atoms with Crippen molar-refractivity contribution in [2.24, 2.45) is 5.92 Å². The lowest BCUT2D eigenvalue weighted by molar-refractivity contribution is -0.139. The fourth-order valence-corrected chi connectivity index (χ4v) is 3.31. The normalized spacial score (nSPS) is 35.7. The highest BCUT2D eigenvalue weighted by Crippen LogP contribution is 2.31. The molecule has 4 heteroatoms. The van der Waals surface area contributed by atoms with Crippen LogP contribution >= 0.6 is 0 Å². The van der Waals surface area contributed by atoms with Crippen molar-refractivity contribution >= 4 is 5.97 Å². The molecule has 4 atom stereocenters. The standard InChI is InChI=1S/C13H24N2O2/c1-9(13(16)17)15-12-7-4-5-10(12)11-6-2-3-8-14-11/h9-12,14-15H,2-8H2,1H3,(H,16,17). The van der Waals surface area contributed by atoms with Gasteiger partial charge in [-0.15, -0.1) is 0 Å². The van der Waals surface area contributed by atoms with Crippen molar-refractivity contribution in [3.63, 3.8) is 0 Å². The minimum atomic E-state index is -0.743. The number of hydrogen-bond acceptors (Lipinski definition) is 3. The number of piperidine rings is 1. The average Bonchev–Trinajstić information content (AvgIpc) is 2.78. The summed E-state index contributed by atoms with van der Waals surface area (Å²) in [6.45, 7) is 2.87. The molecule has 0 amide bonds. The van der Waals surface area contributed by atoms with Crippen LogP contribution in [0, 0.1) is 5.92 Å². The maximum atomic E-state index is 10.9. The quantitative estimate of drug-likeness (QED) is 0.694. The number of carbonyl (C=O) groups is 1. The van der Waals surface area contributed by atoms with E-state index in [2.05, 4.69) is 10.6 Å². The zero-order valence-electron chi connectivity index (χ0n) is 10.6. The summed E-state index contributed by atoms with van der Waals surface area (Å²) < 4.78 is 0. The second-order valence-electron chi connectivity index (χ2n) is 5.48. The molecule has 2 aliphatic rings. The highest BCUT2D eigenvalue weighted by molar-refractivity contribution is 5.72. The van der Waals surface area contributed by atoms with E-state index >= 15 is 0 Å². The highest BCUT2D eigenvalue weighted by Gasteiger charge is 2.35. The lowest BCUT2D eigenvalue weighted by Crippen LogP contribution is -2.50. The van der Waals surface area contributed by atoms with Gasteiger partial charge in [-0.05, 0) is 45.1 Å². The molecule has 0 spiro atoms. The number of aliphatic carboxylic acids is 1. The van der Waals surface area contributed by atoms with Crippen molar-refractivity contribution in [1.29, 1.82) is 0 Å². The van der Waals surface area contributed by atoms with Crippen LogP contribution in [0.1, 0.15) is 45.4 Å². The van der Waals surface area contributed by atoms with E-state index in [0.29, 0.717) is 18.0 Å². The number of carboxylic acid groups (broad SMARTS) is 1. The van der Waals surface area contributed by atoms with E-state index in [9.17, 15) is 4.79 Å². The second kappa shape index (κ2) is 5.83. The maximum absolute atomic E-state index is 10.9. The molecule has 0 aromatic carbocycles. The van der Waals surface area contributed by atoms with Crippen LogP contribution in [0.4, 0.5) is 0 Å². The molecule has 0 radical (unpaired) electrons.